The average Bonchev–Trinajstić information content (AvgIpc) is 2.39. The number of ether oxygens (including phenoxy) is 1. The smallest absolute Gasteiger partial charge is 0.328 e. The molecule has 1 fully saturated rings. The molecule has 0 aromatic heterocycles. The minimum atomic E-state index is -0.982. The van der Waals surface area contributed by atoms with Crippen molar-refractivity contribution < 1.29 is 14.4 Å². The van der Waals surface area contributed by atoms with Gasteiger partial charge in [0.1, 0.15) is 12.1 Å². The average molecular weight is 268 g/mol. The molecule has 5 heteroatoms. The zero-order chi connectivity index (χ0) is 14.9. The molecule has 108 valence electrons. The Bertz CT molecular complexity index is 402. The Hall–Kier alpha value is -1.12. The van der Waals surface area contributed by atoms with Crippen LogP contribution in [0.5, 0.6) is 0 Å². The predicted octanol–water partition coefficient (Wildman–Crippen LogP) is 2.42. The van der Waals surface area contributed by atoms with Crippen molar-refractivity contribution >= 4 is 5.97 Å². The van der Waals surface area contributed by atoms with Gasteiger partial charge < -0.3 is 4.74 Å². The van der Waals surface area contributed by atoms with Crippen LogP contribution in [0.25, 0.3) is 0 Å². The summed E-state index contributed by atoms with van der Waals surface area (Å²) in [5, 5.41) is 10.8. The minimum Gasteiger partial charge on any atom is -0.462 e. The molecule has 0 bridgehead atoms. The van der Waals surface area contributed by atoms with Crippen LogP contribution in [0.15, 0.2) is 0 Å². The molecule has 0 saturated carbocycles. The van der Waals surface area contributed by atoms with Gasteiger partial charge in [0.25, 0.3) is 0 Å². The molecule has 1 saturated heterocycles. The lowest BCUT2D eigenvalue weighted by Gasteiger charge is -2.52. The maximum atomic E-state index is 12.1. The number of carbonyl (C=O) groups is 1. The van der Waals surface area contributed by atoms with E-state index in [0.717, 1.165) is 6.42 Å². The van der Waals surface area contributed by atoms with Gasteiger partial charge in [-0.15, -0.1) is 0 Å². The van der Waals surface area contributed by atoms with Crippen molar-refractivity contribution in [1.82, 2.24) is 5.06 Å². The van der Waals surface area contributed by atoms with Crippen molar-refractivity contribution in [2.75, 3.05) is 6.61 Å². The maximum absolute atomic E-state index is 12.1. The lowest BCUT2D eigenvalue weighted by atomic mass is 9.87. The number of hydrogen-bond acceptors (Lipinski definition) is 5. The first-order valence-electron chi connectivity index (χ1n) is 6.73. The Kier molecular flexibility index (Phi) is 4.28. The van der Waals surface area contributed by atoms with Crippen LogP contribution in [-0.2, 0) is 14.4 Å². The molecule has 1 aliphatic heterocycles. The third-order valence-electron chi connectivity index (χ3n) is 3.93. The molecule has 0 spiro atoms. The first-order chi connectivity index (χ1) is 8.65. The van der Waals surface area contributed by atoms with Crippen molar-refractivity contribution in [2.24, 2.45) is 0 Å². The molecule has 0 aromatic rings. The van der Waals surface area contributed by atoms with Crippen molar-refractivity contribution in [1.29, 1.82) is 5.26 Å². The van der Waals surface area contributed by atoms with Crippen molar-refractivity contribution in [3.05, 3.63) is 0 Å². The fourth-order valence-electron chi connectivity index (χ4n) is 2.11. The van der Waals surface area contributed by atoms with Crippen LogP contribution in [0.1, 0.15) is 54.4 Å². The highest BCUT2D eigenvalue weighted by Crippen LogP contribution is 2.38. The number of nitrogens with zero attached hydrogens (tertiary/aromatic N) is 2. The molecule has 5 nitrogen and oxygen atoms in total. The van der Waals surface area contributed by atoms with Gasteiger partial charge in [0, 0.05) is 0 Å². The summed E-state index contributed by atoms with van der Waals surface area (Å²) in [6.07, 6.45) is 1.32. The first kappa shape index (κ1) is 15.9. The SMILES string of the molecule is CCC1(C)COC(=O)C(C)(CC)N1OC(C)(C)C#N. The zero-order valence-corrected chi connectivity index (χ0v) is 12.7. The summed E-state index contributed by atoms with van der Waals surface area (Å²) in [5.41, 5.74) is -2.27. The summed E-state index contributed by atoms with van der Waals surface area (Å²) >= 11 is 0. The van der Waals surface area contributed by atoms with Crippen LogP contribution in [0, 0.1) is 11.3 Å². The quantitative estimate of drug-likeness (QED) is 0.733. The molecule has 2 unspecified atom stereocenters. The standard InChI is InChI=1S/C14H24N2O3/c1-7-13(5)10-18-11(17)14(6,8-2)16(13)19-12(3,4)9-15/h7-8,10H2,1-6H3. The number of cyclic esters (lactones) is 1. The van der Waals surface area contributed by atoms with E-state index in [-0.39, 0.29) is 12.6 Å². The molecule has 0 N–H and O–H groups in total. The second kappa shape index (κ2) is 5.10. The fourth-order valence-corrected chi connectivity index (χ4v) is 2.11. The summed E-state index contributed by atoms with van der Waals surface area (Å²) < 4.78 is 5.33. The van der Waals surface area contributed by atoms with E-state index in [4.69, 9.17) is 14.8 Å². The van der Waals surface area contributed by atoms with E-state index in [2.05, 4.69) is 6.07 Å². The van der Waals surface area contributed by atoms with Crippen molar-refractivity contribution in [3.63, 3.8) is 0 Å². The Labute approximate surface area is 115 Å². The van der Waals surface area contributed by atoms with E-state index in [1.807, 2.05) is 20.8 Å². The number of esters is 1. The van der Waals surface area contributed by atoms with Crippen molar-refractivity contribution in [3.8, 4) is 6.07 Å². The molecule has 0 aliphatic carbocycles. The molecule has 1 rings (SSSR count). The van der Waals surface area contributed by atoms with Gasteiger partial charge in [-0.3, -0.25) is 4.84 Å². The Balaban J connectivity index is 3.21. The number of hydroxylamine groups is 2. The lowest BCUT2D eigenvalue weighted by molar-refractivity contribution is -0.330. The van der Waals surface area contributed by atoms with Crippen LogP contribution >= 0.6 is 0 Å². The highest BCUT2D eigenvalue weighted by Gasteiger charge is 2.54. The van der Waals surface area contributed by atoms with E-state index in [9.17, 15) is 4.79 Å². The second-order valence-corrected chi connectivity index (χ2v) is 6.06. The van der Waals surface area contributed by atoms with E-state index >= 15 is 0 Å². The number of nitriles is 1. The van der Waals surface area contributed by atoms with Gasteiger partial charge in [-0.1, -0.05) is 13.8 Å². The largest absolute Gasteiger partial charge is 0.462 e. The van der Waals surface area contributed by atoms with Gasteiger partial charge in [0.05, 0.1) is 11.6 Å². The number of hydrogen-bond donors (Lipinski definition) is 0. The van der Waals surface area contributed by atoms with E-state index in [0.29, 0.717) is 6.42 Å². The Morgan fingerprint density at radius 2 is 2.00 bits per heavy atom. The number of carbonyl (C=O) groups excluding carboxylic acids is 1. The van der Waals surface area contributed by atoms with Gasteiger partial charge in [-0.2, -0.15) is 10.3 Å². The maximum Gasteiger partial charge on any atom is 0.328 e. The molecule has 0 radical (unpaired) electrons. The number of rotatable bonds is 4. The van der Waals surface area contributed by atoms with E-state index in [1.54, 1.807) is 25.8 Å². The lowest BCUT2D eigenvalue weighted by Crippen LogP contribution is -2.68. The molecule has 1 heterocycles. The van der Waals surface area contributed by atoms with E-state index in [1.165, 1.54) is 0 Å². The Morgan fingerprint density at radius 1 is 1.42 bits per heavy atom. The zero-order valence-electron chi connectivity index (χ0n) is 12.7. The molecule has 0 amide bonds. The van der Waals surface area contributed by atoms with Crippen LogP contribution in [0.3, 0.4) is 0 Å². The normalized spacial score (nSPS) is 32.8. The highest BCUT2D eigenvalue weighted by atomic mass is 16.7. The summed E-state index contributed by atoms with van der Waals surface area (Å²) in [4.78, 5) is 18.0. The fraction of sp³-hybridized carbons (Fsp3) is 0.857. The number of morpholine rings is 1. The molecule has 1 aliphatic rings. The molecular formula is C14H24N2O3. The molecule has 0 aromatic carbocycles. The van der Waals surface area contributed by atoms with Gasteiger partial charge in [0.15, 0.2) is 5.60 Å². The van der Waals surface area contributed by atoms with Gasteiger partial charge in [0.2, 0.25) is 0 Å². The van der Waals surface area contributed by atoms with Gasteiger partial charge in [-0.25, -0.2) is 4.79 Å². The second-order valence-electron chi connectivity index (χ2n) is 6.06. The monoisotopic (exact) mass is 268 g/mol. The van der Waals surface area contributed by atoms with Crippen LogP contribution in [0.4, 0.5) is 0 Å². The first-order valence-corrected chi connectivity index (χ1v) is 6.73. The third kappa shape index (κ3) is 2.75. The van der Waals surface area contributed by atoms with Gasteiger partial charge >= 0.3 is 5.97 Å². The van der Waals surface area contributed by atoms with Crippen LogP contribution in [0.2, 0.25) is 0 Å². The van der Waals surface area contributed by atoms with Crippen LogP contribution in [-0.4, -0.2) is 34.3 Å². The summed E-state index contributed by atoms with van der Waals surface area (Å²) in [5.74, 6) is -0.297. The van der Waals surface area contributed by atoms with E-state index < -0.39 is 16.7 Å². The van der Waals surface area contributed by atoms with Crippen molar-refractivity contribution in [2.45, 2.75) is 71.1 Å². The topological polar surface area (TPSA) is 62.6 Å². The third-order valence-corrected chi connectivity index (χ3v) is 3.93. The highest BCUT2D eigenvalue weighted by molar-refractivity contribution is 5.81. The van der Waals surface area contributed by atoms with Crippen LogP contribution < -0.4 is 0 Å². The predicted molar refractivity (Wildman–Crippen MR) is 71.0 cm³/mol. The summed E-state index contributed by atoms with van der Waals surface area (Å²) in [7, 11) is 0. The molecule has 2 atom stereocenters. The molecular weight excluding hydrogens is 244 g/mol. The Morgan fingerprint density at radius 3 is 2.42 bits per heavy atom. The molecule has 19 heavy (non-hydrogen) atoms. The van der Waals surface area contributed by atoms with Gasteiger partial charge in [-0.05, 0) is 40.5 Å². The summed E-state index contributed by atoms with van der Waals surface area (Å²) in [6.45, 7) is 11.4. The minimum absolute atomic E-state index is 0.277. The summed E-state index contributed by atoms with van der Waals surface area (Å²) in [6, 6.07) is 2.11.